The quantitative estimate of drug-likeness (QED) is 0.196. The monoisotopic (exact) mass is 552 g/mol. The van der Waals surface area contributed by atoms with E-state index in [9.17, 15) is 9.59 Å². The van der Waals surface area contributed by atoms with E-state index in [-0.39, 0.29) is 17.9 Å². The van der Waals surface area contributed by atoms with Crippen molar-refractivity contribution in [1.82, 2.24) is 0 Å². The second-order valence-corrected chi connectivity index (χ2v) is 10.6. The molecule has 1 N–H and O–H groups in total. The van der Waals surface area contributed by atoms with Crippen LogP contribution in [0.2, 0.25) is 0 Å². The number of Topliss-reactive ketones (excluding diaryl/α,β-unsaturated/α-hetero) is 1. The first-order valence-corrected chi connectivity index (χ1v) is 13.8. The summed E-state index contributed by atoms with van der Waals surface area (Å²) in [6.07, 6.45) is 2.14. The number of ether oxygens (including phenoxy) is 2. The minimum atomic E-state index is -0.500. The van der Waals surface area contributed by atoms with Crippen molar-refractivity contribution in [3.63, 3.8) is 0 Å². The van der Waals surface area contributed by atoms with Gasteiger partial charge in [0.1, 0.15) is 18.8 Å². The lowest BCUT2D eigenvalue weighted by molar-refractivity contribution is -0.938. The molecule has 2 aromatic carbocycles. The Kier molecular flexibility index (Phi) is 11.5. The number of carbonyl (C=O) groups is 3. The van der Waals surface area contributed by atoms with Crippen molar-refractivity contribution in [2.24, 2.45) is 5.92 Å². The number of para-hydroxylation sites is 1. The Morgan fingerprint density at radius 1 is 1.05 bits per heavy atom. The molecule has 9 heteroatoms. The van der Waals surface area contributed by atoms with Gasteiger partial charge in [-0.2, -0.15) is 0 Å². The number of fused-ring (bicyclic) bond motifs is 3. The van der Waals surface area contributed by atoms with E-state index >= 15 is 0 Å². The van der Waals surface area contributed by atoms with Gasteiger partial charge in [-0.3, -0.25) is 9.59 Å². The van der Waals surface area contributed by atoms with Crippen molar-refractivity contribution in [1.29, 1.82) is 0 Å². The van der Waals surface area contributed by atoms with Crippen LogP contribution in [0.3, 0.4) is 0 Å². The first-order chi connectivity index (χ1) is 18.9. The Morgan fingerprint density at radius 2 is 1.72 bits per heavy atom. The molecule has 8 nitrogen and oxygen atoms in total. The first kappa shape index (κ1) is 29.9. The molecule has 0 radical (unpaired) electrons. The number of thiophene rings is 1. The SMILES string of the molecule is CC(=O)OC1C[N+]2(CC(=O)c3cccs3)CCC1CC2.COc1ccc(CNc2ccccc2)cc1.O=C[O-]. The molecule has 3 saturated heterocycles. The van der Waals surface area contributed by atoms with Crippen molar-refractivity contribution in [2.45, 2.75) is 32.4 Å². The number of nitrogens with one attached hydrogen (secondary N) is 1. The van der Waals surface area contributed by atoms with E-state index in [1.54, 1.807) is 7.11 Å². The molecular formula is C30H36N2O6S. The predicted molar refractivity (Wildman–Crippen MR) is 149 cm³/mol. The molecule has 0 spiro atoms. The second kappa shape index (κ2) is 15.0. The zero-order valence-corrected chi connectivity index (χ0v) is 23.2. The Hall–Kier alpha value is -3.69. The topological polar surface area (TPSA) is 105 Å². The molecule has 2 bridgehead atoms. The molecule has 3 aromatic rings. The molecule has 0 amide bonds. The van der Waals surface area contributed by atoms with Crippen LogP contribution in [0.25, 0.3) is 0 Å². The number of methoxy groups -OCH3 is 1. The number of ketones is 1. The number of rotatable bonds is 8. The third-order valence-corrected chi connectivity index (χ3v) is 7.97. The molecule has 3 fully saturated rings. The summed E-state index contributed by atoms with van der Waals surface area (Å²) in [7, 11) is 1.68. The number of hydrogen-bond donors (Lipinski definition) is 1. The second-order valence-electron chi connectivity index (χ2n) is 9.68. The maximum absolute atomic E-state index is 12.4. The molecule has 1 aromatic heterocycles. The fourth-order valence-electron chi connectivity index (χ4n) is 5.11. The van der Waals surface area contributed by atoms with E-state index in [0.29, 0.717) is 12.5 Å². The van der Waals surface area contributed by atoms with Crippen LogP contribution in [0.15, 0.2) is 72.1 Å². The summed E-state index contributed by atoms with van der Waals surface area (Å²) in [4.78, 5) is 32.7. The van der Waals surface area contributed by atoms with Crippen molar-refractivity contribution in [3.8, 4) is 5.75 Å². The third kappa shape index (κ3) is 9.23. The van der Waals surface area contributed by atoms with Gasteiger partial charge in [0.05, 0.1) is 25.1 Å². The summed E-state index contributed by atoms with van der Waals surface area (Å²) in [6.45, 7) is 5.23. The highest BCUT2D eigenvalue weighted by molar-refractivity contribution is 7.12. The smallest absolute Gasteiger partial charge is 0.303 e. The highest BCUT2D eigenvalue weighted by Crippen LogP contribution is 2.36. The standard InChI is InChI=1S/C15H20NO3S.C14H15NO.CH2O2/c1-11(17)19-14-10-16(6-4-12(14)5-7-16)9-13(18)15-3-2-8-20-15;1-16-14-9-7-12(8-10-14)11-15-13-5-3-2-4-6-13;2-1-3/h2-3,8,12,14H,4-7,9-10H2,1H3;2-10,15H,11H2,1H3;1H,(H,2,3)/q+1;;/p-1. The highest BCUT2D eigenvalue weighted by atomic mass is 32.1. The number of benzene rings is 2. The number of piperidine rings is 3. The number of carboxylic acid groups (broad SMARTS) is 1. The largest absolute Gasteiger partial charge is 0.554 e. The average molecular weight is 553 g/mol. The van der Waals surface area contributed by atoms with E-state index < -0.39 is 6.47 Å². The lowest BCUT2D eigenvalue weighted by Crippen LogP contribution is -2.65. The summed E-state index contributed by atoms with van der Waals surface area (Å²) >= 11 is 1.51. The van der Waals surface area contributed by atoms with Crippen LogP contribution in [-0.4, -0.2) is 62.1 Å². The first-order valence-electron chi connectivity index (χ1n) is 12.9. The van der Waals surface area contributed by atoms with Crippen LogP contribution in [0.4, 0.5) is 5.69 Å². The van der Waals surface area contributed by atoms with E-state index in [4.69, 9.17) is 19.4 Å². The van der Waals surface area contributed by atoms with Crippen LogP contribution in [0.1, 0.15) is 35.0 Å². The number of carbonyl (C=O) groups excluding carboxylic acids is 3. The molecule has 1 atom stereocenters. The molecule has 1 unspecified atom stereocenters. The maximum Gasteiger partial charge on any atom is 0.303 e. The fourth-order valence-corrected chi connectivity index (χ4v) is 5.77. The number of anilines is 1. The van der Waals surface area contributed by atoms with Gasteiger partial charge >= 0.3 is 5.97 Å². The normalized spacial score (nSPS) is 20.8. The number of quaternary nitrogens is 1. The zero-order chi connectivity index (χ0) is 28.1. The predicted octanol–water partition coefficient (Wildman–Crippen LogP) is 3.78. The van der Waals surface area contributed by atoms with E-state index in [1.165, 1.54) is 23.8 Å². The summed E-state index contributed by atoms with van der Waals surface area (Å²) in [6, 6.07) is 22.1. The number of hydrogen-bond acceptors (Lipinski definition) is 8. The van der Waals surface area contributed by atoms with Crippen LogP contribution in [0, 0.1) is 5.92 Å². The molecule has 0 saturated carbocycles. The lowest BCUT2D eigenvalue weighted by atomic mass is 9.83. The van der Waals surface area contributed by atoms with Gasteiger partial charge in [0.2, 0.25) is 5.78 Å². The molecule has 0 aliphatic carbocycles. The Balaban J connectivity index is 0.000000200. The van der Waals surface area contributed by atoms with E-state index in [2.05, 4.69) is 29.6 Å². The molecular weight excluding hydrogens is 516 g/mol. The van der Waals surface area contributed by atoms with Gasteiger partial charge in [0.15, 0.2) is 6.10 Å². The molecule has 4 heterocycles. The van der Waals surface area contributed by atoms with E-state index in [0.717, 1.165) is 59.8 Å². The summed E-state index contributed by atoms with van der Waals surface area (Å²) in [5.41, 5.74) is 2.38. The molecule has 3 aliphatic rings. The maximum atomic E-state index is 12.4. The van der Waals surface area contributed by atoms with Crippen LogP contribution in [-0.2, 0) is 20.9 Å². The summed E-state index contributed by atoms with van der Waals surface area (Å²) in [5, 5.41) is 13.5. The Bertz CT molecular complexity index is 1160. The highest BCUT2D eigenvalue weighted by Gasteiger charge is 2.48. The average Bonchev–Trinajstić information content (AvgIpc) is 3.49. The summed E-state index contributed by atoms with van der Waals surface area (Å²) < 4.78 is 11.4. The molecule has 6 rings (SSSR count). The molecule has 3 aliphatic heterocycles. The van der Waals surface area contributed by atoms with Crippen LogP contribution in [0.5, 0.6) is 5.75 Å². The van der Waals surface area contributed by atoms with Crippen molar-refractivity contribution in [2.75, 3.05) is 38.6 Å². The van der Waals surface area contributed by atoms with Gasteiger partial charge in [-0.15, -0.1) is 11.3 Å². The Labute approximate surface area is 233 Å². The van der Waals surface area contributed by atoms with Gasteiger partial charge in [-0.05, 0) is 41.3 Å². The minimum absolute atomic E-state index is 0.00568. The van der Waals surface area contributed by atoms with Gasteiger partial charge in [-0.1, -0.05) is 36.4 Å². The van der Waals surface area contributed by atoms with E-state index in [1.807, 2.05) is 47.8 Å². The third-order valence-electron chi connectivity index (χ3n) is 7.06. The zero-order valence-electron chi connectivity index (χ0n) is 22.4. The van der Waals surface area contributed by atoms with Gasteiger partial charge in [0, 0.05) is 44.4 Å². The Morgan fingerprint density at radius 3 is 2.28 bits per heavy atom. The lowest BCUT2D eigenvalue weighted by Gasteiger charge is -2.51. The molecule has 208 valence electrons. The van der Waals surface area contributed by atoms with Gasteiger partial charge in [0.25, 0.3) is 0 Å². The minimum Gasteiger partial charge on any atom is -0.554 e. The van der Waals surface area contributed by atoms with Crippen LogP contribution >= 0.6 is 11.3 Å². The van der Waals surface area contributed by atoms with Crippen molar-refractivity contribution < 1.29 is 33.4 Å². The van der Waals surface area contributed by atoms with Crippen molar-refractivity contribution >= 4 is 35.2 Å². The number of esters is 1. The number of nitrogens with zero attached hydrogens (tertiary/aromatic N) is 1. The fraction of sp³-hybridized carbons (Fsp3) is 0.367. The molecule has 39 heavy (non-hydrogen) atoms. The van der Waals surface area contributed by atoms with Crippen molar-refractivity contribution in [3.05, 3.63) is 82.6 Å². The summed E-state index contributed by atoms with van der Waals surface area (Å²) in [5.74, 6) is 1.41. The van der Waals surface area contributed by atoms with Gasteiger partial charge < -0.3 is 29.2 Å². The van der Waals surface area contributed by atoms with Crippen LogP contribution < -0.4 is 15.2 Å². The van der Waals surface area contributed by atoms with Gasteiger partial charge in [-0.25, -0.2) is 0 Å².